The Bertz CT molecular complexity index is 489. The van der Waals surface area contributed by atoms with E-state index in [2.05, 4.69) is 15.9 Å². The summed E-state index contributed by atoms with van der Waals surface area (Å²) < 4.78 is 14.0. The topological polar surface area (TPSA) is 26.0 Å². The van der Waals surface area contributed by atoms with E-state index in [0.717, 1.165) is 16.0 Å². The molecule has 0 aliphatic carbocycles. The molecule has 1 nitrogen and oxygen atoms in total. The highest BCUT2D eigenvalue weighted by molar-refractivity contribution is 9.10. The second-order valence-corrected chi connectivity index (χ2v) is 5.51. The third-order valence-electron chi connectivity index (χ3n) is 2.43. The van der Waals surface area contributed by atoms with Gasteiger partial charge in [0.25, 0.3) is 0 Å². The molecular formula is C12H11BrFNS. The largest absolute Gasteiger partial charge is 0.320 e. The molecule has 0 amide bonds. The van der Waals surface area contributed by atoms with Crippen molar-refractivity contribution in [2.75, 3.05) is 0 Å². The fourth-order valence-electron chi connectivity index (χ4n) is 1.61. The zero-order valence-corrected chi connectivity index (χ0v) is 11.1. The van der Waals surface area contributed by atoms with E-state index < -0.39 is 0 Å². The molecule has 2 aromatic rings. The fraction of sp³-hybridized carbons (Fsp3) is 0.167. The minimum Gasteiger partial charge on any atom is -0.320 e. The first kappa shape index (κ1) is 11.8. The number of rotatable bonds is 2. The smallest absolute Gasteiger partial charge is 0.124 e. The Kier molecular flexibility index (Phi) is 3.42. The maximum absolute atomic E-state index is 13.2. The summed E-state index contributed by atoms with van der Waals surface area (Å²) in [6.45, 7) is 2.01. The van der Waals surface area contributed by atoms with Crippen LogP contribution in [-0.4, -0.2) is 0 Å². The van der Waals surface area contributed by atoms with E-state index in [1.165, 1.54) is 12.1 Å². The molecule has 1 heterocycles. The van der Waals surface area contributed by atoms with Gasteiger partial charge in [0.2, 0.25) is 0 Å². The van der Waals surface area contributed by atoms with E-state index in [1.54, 1.807) is 11.3 Å². The highest BCUT2D eigenvalue weighted by Gasteiger charge is 2.14. The first-order valence-electron chi connectivity index (χ1n) is 4.83. The number of hydrogen-bond acceptors (Lipinski definition) is 2. The molecule has 84 valence electrons. The van der Waals surface area contributed by atoms with Crippen molar-refractivity contribution in [3.05, 3.63) is 55.9 Å². The lowest BCUT2D eigenvalue weighted by molar-refractivity contribution is 0.623. The van der Waals surface area contributed by atoms with Crippen molar-refractivity contribution >= 4 is 27.3 Å². The van der Waals surface area contributed by atoms with Gasteiger partial charge in [-0.05, 0) is 47.7 Å². The summed E-state index contributed by atoms with van der Waals surface area (Å²) in [6.07, 6.45) is 0. The molecule has 4 heteroatoms. The van der Waals surface area contributed by atoms with Crippen LogP contribution in [-0.2, 0) is 0 Å². The van der Waals surface area contributed by atoms with Crippen molar-refractivity contribution in [2.45, 2.75) is 13.0 Å². The quantitative estimate of drug-likeness (QED) is 0.891. The van der Waals surface area contributed by atoms with Gasteiger partial charge in [-0.1, -0.05) is 15.9 Å². The van der Waals surface area contributed by atoms with Gasteiger partial charge in [0.15, 0.2) is 0 Å². The zero-order chi connectivity index (χ0) is 11.7. The molecule has 0 radical (unpaired) electrons. The highest BCUT2D eigenvalue weighted by Crippen LogP contribution is 2.29. The number of halogens is 2. The molecule has 1 atom stereocenters. The molecule has 0 spiro atoms. The lowest BCUT2D eigenvalue weighted by atomic mass is 10.0. The lowest BCUT2D eigenvalue weighted by Gasteiger charge is -2.12. The van der Waals surface area contributed by atoms with Crippen molar-refractivity contribution in [2.24, 2.45) is 5.73 Å². The second kappa shape index (κ2) is 4.65. The predicted molar refractivity (Wildman–Crippen MR) is 69.2 cm³/mol. The second-order valence-electron chi connectivity index (χ2n) is 3.65. The van der Waals surface area contributed by atoms with Crippen molar-refractivity contribution in [3.8, 4) is 0 Å². The van der Waals surface area contributed by atoms with Gasteiger partial charge in [-0.3, -0.25) is 0 Å². The fourth-order valence-corrected chi connectivity index (χ4v) is 3.05. The molecule has 0 saturated heterocycles. The van der Waals surface area contributed by atoms with Gasteiger partial charge in [-0.2, -0.15) is 0 Å². The summed E-state index contributed by atoms with van der Waals surface area (Å²) in [7, 11) is 0. The van der Waals surface area contributed by atoms with Crippen LogP contribution in [0, 0.1) is 12.7 Å². The number of thiophene rings is 1. The molecule has 0 aliphatic rings. The minimum atomic E-state index is -0.269. The van der Waals surface area contributed by atoms with E-state index in [-0.39, 0.29) is 11.9 Å². The Hall–Kier alpha value is -0.710. The molecule has 1 aromatic carbocycles. The van der Waals surface area contributed by atoms with Crippen LogP contribution >= 0.6 is 27.3 Å². The van der Waals surface area contributed by atoms with Crippen LogP contribution in [0.25, 0.3) is 0 Å². The lowest BCUT2D eigenvalue weighted by Crippen LogP contribution is -2.11. The van der Waals surface area contributed by atoms with Gasteiger partial charge in [0, 0.05) is 9.35 Å². The summed E-state index contributed by atoms with van der Waals surface area (Å²) in [4.78, 5) is 1.08. The molecule has 2 rings (SSSR count). The number of benzene rings is 1. The summed E-state index contributed by atoms with van der Waals surface area (Å²) in [5.41, 5.74) is 8.06. The molecule has 1 aromatic heterocycles. The van der Waals surface area contributed by atoms with E-state index in [9.17, 15) is 4.39 Å². The van der Waals surface area contributed by atoms with Gasteiger partial charge in [-0.15, -0.1) is 11.3 Å². The SMILES string of the molecule is Cc1ccsc1C(N)c1cc(F)cc(Br)c1. The molecular weight excluding hydrogens is 289 g/mol. The number of nitrogens with two attached hydrogens (primary N) is 1. The van der Waals surface area contributed by atoms with Crippen LogP contribution in [0.1, 0.15) is 22.0 Å². The first-order valence-corrected chi connectivity index (χ1v) is 6.51. The maximum Gasteiger partial charge on any atom is 0.124 e. The van der Waals surface area contributed by atoms with Crippen molar-refractivity contribution in [3.63, 3.8) is 0 Å². The minimum absolute atomic E-state index is 0.257. The predicted octanol–water partition coefficient (Wildman–Crippen LogP) is 4.01. The molecule has 0 fully saturated rings. The van der Waals surface area contributed by atoms with Gasteiger partial charge in [0.05, 0.1) is 6.04 Å². The van der Waals surface area contributed by atoms with Crippen LogP contribution < -0.4 is 5.73 Å². The average Bonchev–Trinajstić information content (AvgIpc) is 2.62. The Morgan fingerprint density at radius 1 is 1.38 bits per heavy atom. The van der Waals surface area contributed by atoms with E-state index in [1.807, 2.05) is 24.4 Å². The molecule has 0 aliphatic heterocycles. The van der Waals surface area contributed by atoms with Crippen molar-refractivity contribution in [1.29, 1.82) is 0 Å². The highest BCUT2D eigenvalue weighted by atomic mass is 79.9. The van der Waals surface area contributed by atoms with Crippen LogP contribution in [0.5, 0.6) is 0 Å². The normalized spacial score (nSPS) is 12.8. The molecule has 0 saturated carbocycles. The van der Waals surface area contributed by atoms with E-state index in [4.69, 9.17) is 5.73 Å². The zero-order valence-electron chi connectivity index (χ0n) is 8.71. The summed E-state index contributed by atoms with van der Waals surface area (Å²) in [6, 6.07) is 6.53. The Morgan fingerprint density at radius 3 is 2.69 bits per heavy atom. The molecule has 2 N–H and O–H groups in total. The summed E-state index contributed by atoms with van der Waals surface area (Å²) in [5.74, 6) is -0.269. The third kappa shape index (κ3) is 2.34. The molecule has 16 heavy (non-hydrogen) atoms. The van der Waals surface area contributed by atoms with Gasteiger partial charge >= 0.3 is 0 Å². The van der Waals surface area contributed by atoms with E-state index in [0.29, 0.717) is 4.47 Å². The summed E-state index contributed by atoms with van der Waals surface area (Å²) >= 11 is 4.87. The van der Waals surface area contributed by atoms with Gasteiger partial charge in [-0.25, -0.2) is 4.39 Å². The van der Waals surface area contributed by atoms with Gasteiger partial charge < -0.3 is 5.73 Å². The van der Waals surface area contributed by atoms with Crippen LogP contribution in [0.4, 0.5) is 4.39 Å². The third-order valence-corrected chi connectivity index (χ3v) is 3.99. The van der Waals surface area contributed by atoms with Crippen LogP contribution in [0.2, 0.25) is 0 Å². The Balaban J connectivity index is 2.41. The molecule has 1 unspecified atom stereocenters. The van der Waals surface area contributed by atoms with Crippen molar-refractivity contribution < 1.29 is 4.39 Å². The van der Waals surface area contributed by atoms with Crippen LogP contribution in [0.15, 0.2) is 34.1 Å². The van der Waals surface area contributed by atoms with E-state index >= 15 is 0 Å². The maximum atomic E-state index is 13.2. The Morgan fingerprint density at radius 2 is 2.12 bits per heavy atom. The number of aryl methyl sites for hydroxylation is 1. The monoisotopic (exact) mass is 299 g/mol. The Labute approximate surface area is 106 Å². The number of hydrogen-bond donors (Lipinski definition) is 1. The van der Waals surface area contributed by atoms with Gasteiger partial charge in [0.1, 0.15) is 5.82 Å². The molecule has 0 bridgehead atoms. The summed E-state index contributed by atoms with van der Waals surface area (Å²) in [5, 5.41) is 2.00. The van der Waals surface area contributed by atoms with Crippen molar-refractivity contribution in [1.82, 2.24) is 0 Å². The first-order chi connectivity index (χ1) is 7.58. The average molecular weight is 300 g/mol. The standard InChI is InChI=1S/C12H11BrFNS/c1-7-2-3-16-12(7)11(15)8-4-9(13)6-10(14)5-8/h2-6,11H,15H2,1H3. The van der Waals surface area contributed by atoms with Crippen LogP contribution in [0.3, 0.4) is 0 Å².